The first kappa shape index (κ1) is 16.2. The van der Waals surface area contributed by atoms with E-state index in [9.17, 15) is 12.8 Å². The smallest absolute Gasteiger partial charge is 0.241 e. The Labute approximate surface area is 126 Å². The second kappa shape index (κ2) is 6.32. The van der Waals surface area contributed by atoms with Crippen LogP contribution in [0, 0.1) is 18.7 Å². The van der Waals surface area contributed by atoms with E-state index >= 15 is 0 Å². The van der Waals surface area contributed by atoms with E-state index in [1.54, 1.807) is 0 Å². The molecule has 0 spiro atoms. The van der Waals surface area contributed by atoms with Gasteiger partial charge in [-0.25, -0.2) is 17.5 Å². The van der Waals surface area contributed by atoms with Crippen LogP contribution in [0.2, 0.25) is 0 Å². The van der Waals surface area contributed by atoms with Crippen LogP contribution in [0.3, 0.4) is 0 Å². The maximum Gasteiger partial charge on any atom is 0.241 e. The molecule has 21 heavy (non-hydrogen) atoms. The first-order valence-corrected chi connectivity index (χ1v) is 8.86. The van der Waals surface area contributed by atoms with E-state index in [0.717, 1.165) is 38.2 Å². The number of sulfonamides is 1. The Morgan fingerprint density at radius 3 is 2.67 bits per heavy atom. The highest BCUT2D eigenvalue weighted by Crippen LogP contribution is 2.26. The van der Waals surface area contributed by atoms with Crippen molar-refractivity contribution in [1.82, 2.24) is 4.72 Å². The molecule has 1 aliphatic carbocycles. The van der Waals surface area contributed by atoms with Gasteiger partial charge in [0.2, 0.25) is 10.0 Å². The van der Waals surface area contributed by atoms with Crippen molar-refractivity contribution in [1.29, 1.82) is 0 Å². The van der Waals surface area contributed by atoms with Crippen molar-refractivity contribution in [3.05, 3.63) is 23.5 Å². The monoisotopic (exact) mass is 314 g/mol. The van der Waals surface area contributed by atoms with Crippen molar-refractivity contribution in [3.63, 3.8) is 0 Å². The largest absolute Gasteiger partial charge is 0.399 e. The average Bonchev–Trinajstić information content (AvgIpc) is 2.58. The molecule has 1 saturated carbocycles. The maximum atomic E-state index is 13.7. The third-order valence-electron chi connectivity index (χ3n) is 4.19. The Morgan fingerprint density at radius 2 is 1.95 bits per heavy atom. The van der Waals surface area contributed by atoms with Crippen molar-refractivity contribution in [2.75, 3.05) is 5.73 Å². The lowest BCUT2D eigenvalue weighted by Crippen LogP contribution is -2.35. The summed E-state index contributed by atoms with van der Waals surface area (Å²) in [7, 11) is -3.74. The van der Waals surface area contributed by atoms with Crippen LogP contribution in [0.15, 0.2) is 17.0 Å². The molecular formula is C15H23FN2O2S. The number of nitrogens with one attached hydrogen (secondary N) is 1. The molecule has 0 saturated heterocycles. The molecule has 3 N–H and O–H groups in total. The van der Waals surface area contributed by atoms with Gasteiger partial charge < -0.3 is 5.73 Å². The van der Waals surface area contributed by atoms with Crippen molar-refractivity contribution in [2.24, 2.45) is 5.92 Å². The summed E-state index contributed by atoms with van der Waals surface area (Å²) in [5, 5.41) is 0. The van der Waals surface area contributed by atoms with Crippen LogP contribution < -0.4 is 10.5 Å². The molecule has 1 aromatic carbocycles. The molecule has 0 aliphatic heterocycles. The zero-order chi connectivity index (χ0) is 15.6. The molecule has 2 atom stereocenters. The Morgan fingerprint density at radius 1 is 1.24 bits per heavy atom. The van der Waals surface area contributed by atoms with Crippen LogP contribution >= 0.6 is 0 Å². The lowest BCUT2D eigenvalue weighted by atomic mass is 10.0. The number of rotatable bonds is 3. The Hall–Kier alpha value is -1.14. The predicted octanol–water partition coefficient (Wildman–Crippen LogP) is 2.96. The second-order valence-electron chi connectivity index (χ2n) is 6.06. The van der Waals surface area contributed by atoms with Crippen molar-refractivity contribution in [3.8, 4) is 0 Å². The summed E-state index contributed by atoms with van der Waals surface area (Å²) in [6.45, 7) is 3.65. The van der Waals surface area contributed by atoms with Gasteiger partial charge in [-0.3, -0.25) is 0 Å². The van der Waals surface area contributed by atoms with Crippen LogP contribution in [0.25, 0.3) is 0 Å². The van der Waals surface area contributed by atoms with E-state index in [1.165, 1.54) is 13.0 Å². The first-order chi connectivity index (χ1) is 9.79. The van der Waals surface area contributed by atoms with Crippen molar-refractivity contribution in [2.45, 2.75) is 56.9 Å². The minimum atomic E-state index is -3.74. The number of hydrogen-bond donors (Lipinski definition) is 2. The number of nitrogens with two attached hydrogens (primary N) is 1. The van der Waals surface area contributed by atoms with Gasteiger partial charge in [0.05, 0.1) is 4.90 Å². The summed E-state index contributed by atoms with van der Waals surface area (Å²) in [6, 6.07) is 2.38. The van der Waals surface area contributed by atoms with Crippen LogP contribution in [-0.2, 0) is 10.0 Å². The molecule has 0 amide bonds. The molecule has 2 rings (SSSR count). The number of benzene rings is 1. The van der Waals surface area contributed by atoms with E-state index in [-0.39, 0.29) is 22.2 Å². The van der Waals surface area contributed by atoms with E-state index in [2.05, 4.69) is 11.6 Å². The number of halogens is 1. The summed E-state index contributed by atoms with van der Waals surface area (Å²) < 4.78 is 41.4. The first-order valence-electron chi connectivity index (χ1n) is 7.37. The molecule has 1 fully saturated rings. The molecular weight excluding hydrogens is 291 g/mol. The SMILES string of the molecule is Cc1c(F)cc(N)cc1S(=O)(=O)NC1CCCC(C)CC1. The fourth-order valence-electron chi connectivity index (χ4n) is 2.84. The third kappa shape index (κ3) is 3.95. The Balaban J connectivity index is 2.22. The molecule has 1 aliphatic rings. The van der Waals surface area contributed by atoms with Crippen LogP contribution in [0.1, 0.15) is 44.6 Å². The zero-order valence-electron chi connectivity index (χ0n) is 12.5. The summed E-state index contributed by atoms with van der Waals surface area (Å²) in [4.78, 5) is -0.0581. The summed E-state index contributed by atoms with van der Waals surface area (Å²) in [6.07, 6.45) is 4.80. The van der Waals surface area contributed by atoms with Gasteiger partial charge >= 0.3 is 0 Å². The fraction of sp³-hybridized carbons (Fsp3) is 0.600. The van der Waals surface area contributed by atoms with E-state index < -0.39 is 15.8 Å². The normalized spacial score (nSPS) is 23.8. The summed E-state index contributed by atoms with van der Waals surface area (Å²) in [5.41, 5.74) is 5.80. The zero-order valence-corrected chi connectivity index (χ0v) is 13.3. The molecule has 1 aromatic rings. The number of nitrogen functional groups attached to an aromatic ring is 1. The van der Waals surface area contributed by atoms with Crippen molar-refractivity contribution < 1.29 is 12.8 Å². The molecule has 0 radical (unpaired) electrons. The third-order valence-corrected chi connectivity index (χ3v) is 5.83. The van der Waals surface area contributed by atoms with Gasteiger partial charge in [0, 0.05) is 17.3 Å². The van der Waals surface area contributed by atoms with Crippen LogP contribution in [0.4, 0.5) is 10.1 Å². The second-order valence-corrected chi connectivity index (χ2v) is 7.74. The average molecular weight is 314 g/mol. The van der Waals surface area contributed by atoms with Gasteiger partial charge in [-0.2, -0.15) is 0 Å². The lowest BCUT2D eigenvalue weighted by Gasteiger charge is -2.18. The molecule has 0 aromatic heterocycles. The topological polar surface area (TPSA) is 72.2 Å². The minimum Gasteiger partial charge on any atom is -0.399 e. The number of anilines is 1. The minimum absolute atomic E-state index is 0.0581. The van der Waals surface area contributed by atoms with Gasteiger partial charge in [0.15, 0.2) is 0 Å². The molecule has 4 nitrogen and oxygen atoms in total. The molecule has 0 heterocycles. The van der Waals surface area contributed by atoms with Crippen LogP contribution in [-0.4, -0.2) is 14.5 Å². The molecule has 0 bridgehead atoms. The molecule has 6 heteroatoms. The summed E-state index contributed by atoms with van der Waals surface area (Å²) >= 11 is 0. The Kier molecular flexibility index (Phi) is 4.88. The van der Waals surface area contributed by atoms with E-state index in [0.29, 0.717) is 5.92 Å². The highest BCUT2D eigenvalue weighted by Gasteiger charge is 2.25. The van der Waals surface area contributed by atoms with E-state index in [1.807, 2.05) is 0 Å². The number of hydrogen-bond acceptors (Lipinski definition) is 3. The van der Waals surface area contributed by atoms with Gasteiger partial charge in [-0.1, -0.05) is 19.8 Å². The highest BCUT2D eigenvalue weighted by atomic mass is 32.2. The van der Waals surface area contributed by atoms with E-state index in [4.69, 9.17) is 5.73 Å². The maximum absolute atomic E-state index is 13.7. The van der Waals surface area contributed by atoms with Gasteiger partial charge in [-0.15, -0.1) is 0 Å². The molecule has 2 unspecified atom stereocenters. The van der Waals surface area contributed by atoms with Gasteiger partial charge in [-0.05, 0) is 44.2 Å². The van der Waals surface area contributed by atoms with Crippen molar-refractivity contribution >= 4 is 15.7 Å². The predicted molar refractivity (Wildman–Crippen MR) is 81.9 cm³/mol. The summed E-state index contributed by atoms with van der Waals surface area (Å²) in [5.74, 6) is 0.0379. The Bertz CT molecular complexity index is 616. The van der Waals surface area contributed by atoms with Gasteiger partial charge in [0.25, 0.3) is 0 Å². The fourth-order valence-corrected chi connectivity index (χ4v) is 4.43. The molecule has 118 valence electrons. The lowest BCUT2D eigenvalue weighted by molar-refractivity contribution is 0.484. The van der Waals surface area contributed by atoms with Gasteiger partial charge in [0.1, 0.15) is 5.82 Å². The standard InChI is InChI=1S/C15H23FN2O2S/c1-10-4-3-5-13(7-6-10)18-21(19,20)15-9-12(17)8-14(16)11(15)2/h8-10,13,18H,3-7,17H2,1-2H3. The highest BCUT2D eigenvalue weighted by molar-refractivity contribution is 7.89. The van der Waals surface area contributed by atoms with Crippen LogP contribution in [0.5, 0.6) is 0 Å². The quantitative estimate of drug-likeness (QED) is 0.665.